The van der Waals surface area contributed by atoms with Gasteiger partial charge in [0.25, 0.3) is 0 Å². The lowest BCUT2D eigenvalue weighted by Crippen LogP contribution is -2.46. The average molecular weight is 383 g/mol. The highest BCUT2D eigenvalue weighted by Crippen LogP contribution is 2.27. The standard InChI is InChI=1S/C22H26N2O2S/c1-16-10-12-20(13-11-16)27-17(2)22(26)24-14-6-7-18(15-24)21(25)23-19-8-4-3-5-9-19/h3-5,8-13,17-18H,6-7,14-15H2,1-2H3,(H,23,25)/t17-,18-/m0/s1. The van der Waals surface area contributed by atoms with Gasteiger partial charge in [0, 0.05) is 23.7 Å². The van der Waals surface area contributed by atoms with Gasteiger partial charge in [-0.15, -0.1) is 11.8 Å². The smallest absolute Gasteiger partial charge is 0.235 e. The van der Waals surface area contributed by atoms with Crippen LogP contribution in [0.25, 0.3) is 0 Å². The van der Waals surface area contributed by atoms with E-state index in [4.69, 9.17) is 0 Å². The first-order valence-electron chi connectivity index (χ1n) is 9.41. The number of nitrogens with one attached hydrogen (secondary N) is 1. The number of anilines is 1. The third-order valence-corrected chi connectivity index (χ3v) is 5.93. The van der Waals surface area contributed by atoms with Crippen LogP contribution < -0.4 is 5.32 Å². The van der Waals surface area contributed by atoms with E-state index in [0.717, 1.165) is 30.0 Å². The molecule has 1 N–H and O–H groups in total. The van der Waals surface area contributed by atoms with E-state index in [1.54, 1.807) is 11.8 Å². The minimum absolute atomic E-state index is 0.00228. The van der Waals surface area contributed by atoms with Gasteiger partial charge in [0.2, 0.25) is 11.8 Å². The van der Waals surface area contributed by atoms with Crippen LogP contribution in [0, 0.1) is 12.8 Å². The summed E-state index contributed by atoms with van der Waals surface area (Å²) in [5.74, 6) is -0.0465. The first-order chi connectivity index (χ1) is 13.0. The molecule has 0 radical (unpaired) electrons. The molecule has 0 aliphatic carbocycles. The molecule has 0 spiro atoms. The summed E-state index contributed by atoms with van der Waals surface area (Å²) in [5, 5.41) is 2.80. The Balaban J connectivity index is 1.57. The Bertz CT molecular complexity index is 777. The Morgan fingerprint density at radius 3 is 2.52 bits per heavy atom. The van der Waals surface area contributed by atoms with Crippen molar-refractivity contribution in [2.24, 2.45) is 5.92 Å². The fraction of sp³-hybridized carbons (Fsp3) is 0.364. The highest BCUT2D eigenvalue weighted by Gasteiger charge is 2.30. The van der Waals surface area contributed by atoms with Gasteiger partial charge in [-0.3, -0.25) is 9.59 Å². The molecule has 0 bridgehead atoms. The second-order valence-electron chi connectivity index (χ2n) is 7.05. The maximum atomic E-state index is 12.9. The minimum Gasteiger partial charge on any atom is -0.341 e. The maximum absolute atomic E-state index is 12.9. The van der Waals surface area contributed by atoms with Gasteiger partial charge in [-0.1, -0.05) is 35.9 Å². The Hall–Kier alpha value is -2.27. The van der Waals surface area contributed by atoms with Gasteiger partial charge in [-0.05, 0) is 51.0 Å². The van der Waals surface area contributed by atoms with E-state index < -0.39 is 0 Å². The highest BCUT2D eigenvalue weighted by molar-refractivity contribution is 8.00. The van der Waals surface area contributed by atoms with Crippen LogP contribution in [0.2, 0.25) is 0 Å². The average Bonchev–Trinajstić information content (AvgIpc) is 2.70. The van der Waals surface area contributed by atoms with Crippen molar-refractivity contribution >= 4 is 29.3 Å². The van der Waals surface area contributed by atoms with Crippen LogP contribution >= 0.6 is 11.8 Å². The van der Waals surface area contributed by atoms with Gasteiger partial charge >= 0.3 is 0 Å². The molecule has 1 aliphatic rings. The van der Waals surface area contributed by atoms with Crippen molar-refractivity contribution in [2.45, 2.75) is 36.8 Å². The minimum atomic E-state index is -0.163. The predicted octanol–water partition coefficient (Wildman–Crippen LogP) is 4.35. The van der Waals surface area contributed by atoms with Gasteiger partial charge < -0.3 is 10.2 Å². The van der Waals surface area contributed by atoms with Crippen LogP contribution in [0.3, 0.4) is 0 Å². The Morgan fingerprint density at radius 1 is 1.11 bits per heavy atom. The molecule has 142 valence electrons. The van der Waals surface area contributed by atoms with Gasteiger partial charge in [0.05, 0.1) is 11.2 Å². The van der Waals surface area contributed by atoms with Crippen LogP contribution in [-0.4, -0.2) is 35.1 Å². The number of benzene rings is 2. The Morgan fingerprint density at radius 2 is 1.81 bits per heavy atom. The van der Waals surface area contributed by atoms with Gasteiger partial charge in [-0.25, -0.2) is 0 Å². The van der Waals surface area contributed by atoms with Gasteiger partial charge in [0.1, 0.15) is 0 Å². The molecule has 1 heterocycles. The van der Waals surface area contributed by atoms with E-state index in [1.165, 1.54) is 5.56 Å². The van der Waals surface area contributed by atoms with Crippen molar-refractivity contribution in [3.8, 4) is 0 Å². The molecule has 1 aliphatic heterocycles. The summed E-state index contributed by atoms with van der Waals surface area (Å²) in [6.07, 6.45) is 1.68. The van der Waals surface area contributed by atoms with Crippen molar-refractivity contribution < 1.29 is 9.59 Å². The molecule has 1 fully saturated rings. The van der Waals surface area contributed by atoms with Crippen LogP contribution in [-0.2, 0) is 9.59 Å². The van der Waals surface area contributed by atoms with Crippen LogP contribution in [0.5, 0.6) is 0 Å². The topological polar surface area (TPSA) is 49.4 Å². The third-order valence-electron chi connectivity index (χ3n) is 4.83. The largest absolute Gasteiger partial charge is 0.341 e. The fourth-order valence-electron chi connectivity index (χ4n) is 3.29. The first kappa shape index (κ1) is 19.5. The molecular formula is C22H26N2O2S. The summed E-state index contributed by atoms with van der Waals surface area (Å²) in [4.78, 5) is 28.4. The van der Waals surface area contributed by atoms with E-state index in [9.17, 15) is 9.59 Å². The zero-order valence-electron chi connectivity index (χ0n) is 15.9. The Labute approximate surface area is 165 Å². The number of rotatable bonds is 5. The molecule has 0 saturated carbocycles. The number of amides is 2. The second kappa shape index (κ2) is 9.09. The van der Waals surface area contributed by atoms with Crippen LogP contribution in [0.15, 0.2) is 59.5 Å². The highest BCUT2D eigenvalue weighted by atomic mass is 32.2. The number of thioether (sulfide) groups is 1. The number of nitrogens with zero attached hydrogens (tertiary/aromatic N) is 1. The summed E-state index contributed by atoms with van der Waals surface area (Å²) < 4.78 is 0. The zero-order chi connectivity index (χ0) is 19.2. The summed E-state index contributed by atoms with van der Waals surface area (Å²) in [5.41, 5.74) is 2.01. The number of carbonyl (C=O) groups excluding carboxylic acids is 2. The molecule has 2 aromatic carbocycles. The molecule has 2 aromatic rings. The summed E-state index contributed by atoms with van der Waals surface area (Å²) >= 11 is 1.57. The molecule has 0 unspecified atom stereocenters. The number of likely N-dealkylation sites (tertiary alicyclic amines) is 1. The second-order valence-corrected chi connectivity index (χ2v) is 8.47. The summed E-state index contributed by atoms with van der Waals surface area (Å²) in [6, 6.07) is 17.7. The maximum Gasteiger partial charge on any atom is 0.235 e. The normalized spacial score (nSPS) is 18.0. The molecular weight excluding hydrogens is 356 g/mol. The molecule has 3 rings (SSSR count). The molecule has 4 nitrogen and oxygen atoms in total. The van der Waals surface area contributed by atoms with E-state index in [1.807, 2.05) is 42.2 Å². The van der Waals surface area contributed by atoms with Crippen LogP contribution in [0.4, 0.5) is 5.69 Å². The third kappa shape index (κ3) is 5.36. The molecule has 0 aromatic heterocycles. The van der Waals surface area contributed by atoms with E-state index >= 15 is 0 Å². The van der Waals surface area contributed by atoms with Crippen LogP contribution in [0.1, 0.15) is 25.3 Å². The van der Waals surface area contributed by atoms with E-state index in [0.29, 0.717) is 6.54 Å². The van der Waals surface area contributed by atoms with Crippen molar-refractivity contribution in [3.63, 3.8) is 0 Å². The predicted molar refractivity (Wildman–Crippen MR) is 111 cm³/mol. The molecule has 27 heavy (non-hydrogen) atoms. The Kier molecular flexibility index (Phi) is 6.56. The molecule has 1 saturated heterocycles. The number of aryl methyl sites for hydroxylation is 1. The number of piperidine rings is 1. The summed E-state index contributed by atoms with van der Waals surface area (Å²) in [6.45, 7) is 5.22. The lowest BCUT2D eigenvalue weighted by Gasteiger charge is -2.33. The lowest BCUT2D eigenvalue weighted by molar-refractivity contribution is -0.133. The number of carbonyl (C=O) groups is 2. The van der Waals surface area contributed by atoms with Crippen molar-refractivity contribution in [1.29, 1.82) is 0 Å². The van der Waals surface area contributed by atoms with Crippen molar-refractivity contribution in [1.82, 2.24) is 4.90 Å². The lowest BCUT2D eigenvalue weighted by atomic mass is 9.96. The quantitative estimate of drug-likeness (QED) is 0.782. The zero-order valence-corrected chi connectivity index (χ0v) is 16.7. The first-order valence-corrected chi connectivity index (χ1v) is 10.3. The molecule has 2 atom stereocenters. The fourth-order valence-corrected chi connectivity index (χ4v) is 4.24. The SMILES string of the molecule is Cc1ccc(S[C@@H](C)C(=O)N2CCC[C@H](C(=O)Nc3ccccc3)C2)cc1. The van der Waals surface area contributed by atoms with E-state index in [-0.39, 0.29) is 23.0 Å². The summed E-state index contributed by atoms with van der Waals surface area (Å²) in [7, 11) is 0. The molecule has 5 heteroatoms. The van der Waals surface area contributed by atoms with Crippen molar-refractivity contribution in [2.75, 3.05) is 18.4 Å². The number of hydrogen-bond acceptors (Lipinski definition) is 3. The van der Waals surface area contributed by atoms with Gasteiger partial charge in [-0.2, -0.15) is 0 Å². The number of hydrogen-bond donors (Lipinski definition) is 1. The monoisotopic (exact) mass is 382 g/mol. The van der Waals surface area contributed by atoms with E-state index in [2.05, 4.69) is 36.5 Å². The molecule has 2 amide bonds. The number of para-hydroxylation sites is 1. The van der Waals surface area contributed by atoms with Crippen molar-refractivity contribution in [3.05, 3.63) is 60.2 Å². The van der Waals surface area contributed by atoms with Gasteiger partial charge in [0.15, 0.2) is 0 Å².